The van der Waals surface area contributed by atoms with Gasteiger partial charge in [0.05, 0.1) is 0 Å². The van der Waals surface area contributed by atoms with Crippen molar-refractivity contribution in [1.29, 1.82) is 0 Å². The van der Waals surface area contributed by atoms with Crippen molar-refractivity contribution < 1.29 is 9.59 Å². The zero-order valence-corrected chi connectivity index (χ0v) is 15.1. The molecule has 1 aliphatic heterocycles. The molecule has 0 unspecified atom stereocenters. The summed E-state index contributed by atoms with van der Waals surface area (Å²) in [5.74, 6) is -0.0678. The smallest absolute Gasteiger partial charge is 0.255 e. The van der Waals surface area contributed by atoms with Crippen LogP contribution >= 0.6 is 0 Å². The van der Waals surface area contributed by atoms with Gasteiger partial charge in [0.2, 0.25) is 5.91 Å². The third-order valence-electron chi connectivity index (χ3n) is 4.94. The Labute approximate surface area is 158 Å². The van der Waals surface area contributed by atoms with Crippen LogP contribution < -0.4 is 10.2 Å². The SMILES string of the molecule is CN1C(=O)CCc2ccc(NC(=O)c3ccc(-c4ccccc4)cc3)cc21. The van der Waals surface area contributed by atoms with Gasteiger partial charge in [-0.1, -0.05) is 48.5 Å². The number of amides is 2. The maximum atomic E-state index is 12.6. The third kappa shape index (κ3) is 3.47. The largest absolute Gasteiger partial charge is 0.322 e. The van der Waals surface area contributed by atoms with E-state index in [9.17, 15) is 9.59 Å². The topological polar surface area (TPSA) is 49.4 Å². The zero-order chi connectivity index (χ0) is 18.8. The lowest BCUT2D eigenvalue weighted by Gasteiger charge is -2.26. The van der Waals surface area contributed by atoms with Crippen LogP contribution in [-0.4, -0.2) is 18.9 Å². The highest BCUT2D eigenvalue weighted by Gasteiger charge is 2.21. The molecule has 4 nitrogen and oxygen atoms in total. The number of rotatable bonds is 3. The van der Waals surface area contributed by atoms with Gasteiger partial charge in [-0.15, -0.1) is 0 Å². The highest BCUT2D eigenvalue weighted by Crippen LogP contribution is 2.30. The number of hydrogen-bond acceptors (Lipinski definition) is 2. The fraction of sp³-hybridized carbons (Fsp3) is 0.130. The van der Waals surface area contributed by atoms with Gasteiger partial charge in [-0.05, 0) is 47.4 Å². The van der Waals surface area contributed by atoms with Gasteiger partial charge in [-0.3, -0.25) is 9.59 Å². The first-order valence-corrected chi connectivity index (χ1v) is 8.98. The average Bonchev–Trinajstić information content (AvgIpc) is 2.72. The molecule has 0 bridgehead atoms. The van der Waals surface area contributed by atoms with Crippen LogP contribution in [0.3, 0.4) is 0 Å². The van der Waals surface area contributed by atoms with Gasteiger partial charge in [-0.25, -0.2) is 0 Å². The molecule has 3 aromatic rings. The monoisotopic (exact) mass is 356 g/mol. The van der Waals surface area contributed by atoms with Crippen LogP contribution in [0.4, 0.5) is 11.4 Å². The van der Waals surface area contributed by atoms with Gasteiger partial charge in [0.15, 0.2) is 0 Å². The molecule has 0 atom stereocenters. The minimum absolute atomic E-state index is 0.0995. The van der Waals surface area contributed by atoms with E-state index in [-0.39, 0.29) is 11.8 Å². The van der Waals surface area contributed by atoms with E-state index < -0.39 is 0 Å². The molecule has 3 aromatic carbocycles. The fourth-order valence-corrected chi connectivity index (χ4v) is 3.36. The Morgan fingerprint density at radius 3 is 2.33 bits per heavy atom. The summed E-state index contributed by atoms with van der Waals surface area (Å²) >= 11 is 0. The van der Waals surface area contributed by atoms with Crippen molar-refractivity contribution in [3.8, 4) is 11.1 Å². The van der Waals surface area contributed by atoms with Crippen molar-refractivity contribution in [1.82, 2.24) is 0 Å². The molecule has 0 radical (unpaired) electrons. The number of carbonyl (C=O) groups excluding carboxylic acids is 2. The van der Waals surface area contributed by atoms with Gasteiger partial charge in [-0.2, -0.15) is 0 Å². The Kier molecular flexibility index (Phi) is 4.47. The zero-order valence-electron chi connectivity index (χ0n) is 15.1. The average molecular weight is 356 g/mol. The highest BCUT2D eigenvalue weighted by atomic mass is 16.2. The Bertz CT molecular complexity index is 995. The van der Waals surface area contributed by atoms with Crippen LogP contribution in [0.25, 0.3) is 11.1 Å². The van der Waals surface area contributed by atoms with E-state index >= 15 is 0 Å². The first-order valence-electron chi connectivity index (χ1n) is 8.98. The van der Waals surface area contributed by atoms with Crippen molar-refractivity contribution >= 4 is 23.2 Å². The molecule has 27 heavy (non-hydrogen) atoms. The molecule has 134 valence electrons. The van der Waals surface area contributed by atoms with Crippen LogP contribution in [0.1, 0.15) is 22.3 Å². The Balaban J connectivity index is 1.52. The van der Waals surface area contributed by atoms with Crippen molar-refractivity contribution in [2.75, 3.05) is 17.3 Å². The van der Waals surface area contributed by atoms with E-state index in [0.717, 1.165) is 28.8 Å². The Morgan fingerprint density at radius 1 is 0.889 bits per heavy atom. The Morgan fingerprint density at radius 2 is 1.59 bits per heavy atom. The van der Waals surface area contributed by atoms with Gasteiger partial charge in [0.25, 0.3) is 5.91 Å². The molecule has 0 spiro atoms. The van der Waals surface area contributed by atoms with E-state index in [1.165, 1.54) is 0 Å². The summed E-state index contributed by atoms with van der Waals surface area (Å²) in [5.41, 5.74) is 5.46. The molecule has 0 aromatic heterocycles. The van der Waals surface area contributed by atoms with Crippen molar-refractivity contribution in [3.63, 3.8) is 0 Å². The minimum Gasteiger partial charge on any atom is -0.322 e. The molecule has 1 heterocycles. The maximum absolute atomic E-state index is 12.6. The summed E-state index contributed by atoms with van der Waals surface area (Å²) in [6.45, 7) is 0. The highest BCUT2D eigenvalue weighted by molar-refractivity contribution is 6.05. The summed E-state index contributed by atoms with van der Waals surface area (Å²) in [6.07, 6.45) is 1.27. The van der Waals surface area contributed by atoms with Crippen LogP contribution in [0.15, 0.2) is 72.8 Å². The van der Waals surface area contributed by atoms with Crippen molar-refractivity contribution in [3.05, 3.63) is 83.9 Å². The lowest BCUT2D eigenvalue weighted by atomic mass is 10.0. The van der Waals surface area contributed by atoms with Crippen LogP contribution in [0.2, 0.25) is 0 Å². The standard InChI is InChI=1S/C23H20N2O2/c1-25-21-15-20(13-11-18(21)12-14-22(25)26)24-23(27)19-9-7-17(8-10-19)16-5-3-2-4-6-16/h2-11,13,15H,12,14H2,1H3,(H,24,27). The maximum Gasteiger partial charge on any atom is 0.255 e. The van der Waals surface area contributed by atoms with E-state index in [2.05, 4.69) is 5.32 Å². The van der Waals surface area contributed by atoms with Gasteiger partial charge < -0.3 is 10.2 Å². The van der Waals surface area contributed by atoms with Crippen LogP contribution in [0, 0.1) is 0 Å². The van der Waals surface area contributed by atoms with Crippen LogP contribution in [0.5, 0.6) is 0 Å². The normalized spacial score (nSPS) is 13.2. The second-order valence-corrected chi connectivity index (χ2v) is 6.69. The lowest BCUT2D eigenvalue weighted by Crippen LogP contribution is -2.31. The first kappa shape index (κ1) is 17.0. The Hall–Kier alpha value is -3.40. The third-order valence-corrected chi connectivity index (χ3v) is 4.94. The van der Waals surface area contributed by atoms with E-state index in [1.807, 2.05) is 72.8 Å². The fourth-order valence-electron chi connectivity index (χ4n) is 3.36. The number of fused-ring (bicyclic) bond motifs is 1. The first-order chi connectivity index (χ1) is 13.1. The summed E-state index contributed by atoms with van der Waals surface area (Å²) in [6, 6.07) is 23.3. The molecule has 0 aliphatic carbocycles. The van der Waals surface area contributed by atoms with E-state index in [0.29, 0.717) is 17.7 Å². The predicted octanol–water partition coefficient (Wildman–Crippen LogP) is 4.51. The molecule has 0 fully saturated rings. The number of carbonyl (C=O) groups is 2. The van der Waals surface area contributed by atoms with Crippen LogP contribution in [-0.2, 0) is 11.2 Å². The molecular formula is C23H20N2O2. The molecular weight excluding hydrogens is 336 g/mol. The minimum atomic E-state index is -0.167. The van der Waals surface area contributed by atoms with E-state index in [1.54, 1.807) is 11.9 Å². The molecule has 2 amide bonds. The van der Waals surface area contributed by atoms with Crippen molar-refractivity contribution in [2.24, 2.45) is 0 Å². The molecule has 0 saturated heterocycles. The predicted molar refractivity (Wildman–Crippen MR) is 108 cm³/mol. The number of anilines is 2. The second-order valence-electron chi connectivity index (χ2n) is 6.69. The van der Waals surface area contributed by atoms with Gasteiger partial charge in [0.1, 0.15) is 0 Å². The number of hydrogen-bond donors (Lipinski definition) is 1. The number of nitrogens with zero attached hydrogens (tertiary/aromatic N) is 1. The summed E-state index contributed by atoms with van der Waals surface area (Å²) in [4.78, 5) is 26.1. The van der Waals surface area contributed by atoms with Gasteiger partial charge >= 0.3 is 0 Å². The summed E-state index contributed by atoms with van der Waals surface area (Å²) < 4.78 is 0. The lowest BCUT2D eigenvalue weighted by molar-refractivity contribution is -0.118. The molecule has 1 N–H and O–H groups in total. The van der Waals surface area contributed by atoms with E-state index in [4.69, 9.17) is 0 Å². The molecule has 1 aliphatic rings. The molecule has 4 rings (SSSR count). The number of aryl methyl sites for hydroxylation is 1. The number of nitrogens with one attached hydrogen (secondary N) is 1. The van der Waals surface area contributed by atoms with Gasteiger partial charge in [0, 0.05) is 30.4 Å². The summed E-state index contributed by atoms with van der Waals surface area (Å²) in [7, 11) is 1.77. The molecule has 0 saturated carbocycles. The second kappa shape index (κ2) is 7.08. The quantitative estimate of drug-likeness (QED) is 0.750. The van der Waals surface area contributed by atoms with Crippen molar-refractivity contribution in [2.45, 2.75) is 12.8 Å². The molecule has 4 heteroatoms. The summed E-state index contributed by atoms with van der Waals surface area (Å²) in [5, 5.41) is 2.93. The number of benzene rings is 3.